The molecule has 4 N–H and O–H groups in total. The first-order valence-electron chi connectivity index (χ1n) is 12.5. The normalized spacial score (nSPS) is 21.5. The third-order valence-electron chi connectivity index (χ3n) is 6.37. The van der Waals surface area contributed by atoms with Crippen LogP contribution in [0.2, 0.25) is 0 Å². The monoisotopic (exact) mass is 459 g/mol. The number of nitrogens with one attached hydrogen (secondary N) is 3. The third-order valence-corrected chi connectivity index (χ3v) is 6.37. The predicted molar refractivity (Wildman–Crippen MR) is 135 cm³/mol. The van der Waals surface area contributed by atoms with Crippen LogP contribution in [0.25, 0.3) is 0 Å². The molecule has 2 amide bonds. The van der Waals surface area contributed by atoms with Crippen molar-refractivity contribution in [1.29, 1.82) is 0 Å². The molecule has 3 atom stereocenters. The van der Waals surface area contributed by atoms with E-state index in [1.807, 2.05) is 20.8 Å². The maximum Gasteiger partial charge on any atom is 0.251 e. The van der Waals surface area contributed by atoms with Crippen molar-refractivity contribution < 1.29 is 14.7 Å². The standard InChI is InChI=1S/C27H45N3O3/c1-8-9-10-18-15-20(30-27(5,6)7)12-13-22(18)29-24(32)17-28-25(33)19-11-14-23(31)21(16-19)26(2,3)4/h11,14,16,18,20,22,30-31H,8-10,12-13,15,17H2,1-7H3,(H,28,33)(H,29,32)/t18-,20+,22-/m0/s1. The third kappa shape index (κ3) is 8.65. The number of unbranched alkanes of at least 4 members (excludes halogenated alkanes) is 1. The topological polar surface area (TPSA) is 90.5 Å². The van der Waals surface area contributed by atoms with Crippen molar-refractivity contribution in [3.05, 3.63) is 29.3 Å². The Morgan fingerprint density at radius 3 is 2.39 bits per heavy atom. The van der Waals surface area contributed by atoms with Gasteiger partial charge in [-0.1, -0.05) is 40.5 Å². The Labute approximate surface area is 200 Å². The van der Waals surface area contributed by atoms with Crippen molar-refractivity contribution in [3.63, 3.8) is 0 Å². The van der Waals surface area contributed by atoms with Crippen molar-refractivity contribution in [3.8, 4) is 5.75 Å². The number of amides is 2. The SMILES string of the molecule is CCCC[C@H]1C[C@H](NC(C)(C)C)CC[C@@H]1NC(=O)CNC(=O)c1ccc(O)c(C(C)(C)C)c1. The van der Waals surface area contributed by atoms with Gasteiger partial charge in [-0.3, -0.25) is 9.59 Å². The van der Waals surface area contributed by atoms with Gasteiger partial charge in [-0.05, 0) is 76.0 Å². The molecule has 0 heterocycles. The molecule has 0 saturated heterocycles. The van der Waals surface area contributed by atoms with Gasteiger partial charge in [-0.2, -0.15) is 0 Å². The van der Waals surface area contributed by atoms with E-state index in [9.17, 15) is 14.7 Å². The molecule has 1 saturated carbocycles. The molecule has 33 heavy (non-hydrogen) atoms. The van der Waals surface area contributed by atoms with Crippen LogP contribution in [0.4, 0.5) is 0 Å². The highest BCUT2D eigenvalue weighted by Crippen LogP contribution is 2.31. The maximum atomic E-state index is 12.7. The lowest BCUT2D eigenvalue weighted by atomic mass is 9.78. The lowest BCUT2D eigenvalue weighted by Crippen LogP contribution is -2.52. The molecule has 0 unspecified atom stereocenters. The van der Waals surface area contributed by atoms with Gasteiger partial charge in [0.05, 0.1) is 6.54 Å². The van der Waals surface area contributed by atoms with Crippen LogP contribution in [-0.2, 0) is 10.2 Å². The van der Waals surface area contributed by atoms with E-state index in [1.54, 1.807) is 12.1 Å². The Kier molecular flexibility index (Phi) is 9.36. The van der Waals surface area contributed by atoms with Gasteiger partial charge < -0.3 is 21.1 Å². The Hall–Kier alpha value is -2.08. The van der Waals surface area contributed by atoms with E-state index < -0.39 is 0 Å². The number of rotatable bonds is 8. The van der Waals surface area contributed by atoms with Crippen molar-refractivity contribution in [2.45, 2.75) is 110 Å². The lowest BCUT2D eigenvalue weighted by molar-refractivity contribution is -0.121. The van der Waals surface area contributed by atoms with Gasteiger partial charge in [-0.25, -0.2) is 0 Å². The van der Waals surface area contributed by atoms with E-state index in [4.69, 9.17) is 0 Å². The fourth-order valence-electron chi connectivity index (χ4n) is 4.78. The number of carbonyl (C=O) groups is 2. The van der Waals surface area contributed by atoms with Crippen LogP contribution in [0.1, 0.15) is 103 Å². The van der Waals surface area contributed by atoms with Gasteiger partial charge in [0, 0.05) is 28.7 Å². The van der Waals surface area contributed by atoms with Gasteiger partial charge in [0.15, 0.2) is 0 Å². The van der Waals surface area contributed by atoms with Crippen molar-refractivity contribution in [2.24, 2.45) is 5.92 Å². The van der Waals surface area contributed by atoms with Crippen LogP contribution in [0.3, 0.4) is 0 Å². The van der Waals surface area contributed by atoms with Crippen LogP contribution in [-0.4, -0.2) is 41.1 Å². The molecule has 186 valence electrons. The number of phenols is 1. The highest BCUT2D eigenvalue weighted by molar-refractivity contribution is 5.96. The average molecular weight is 460 g/mol. The zero-order valence-corrected chi connectivity index (χ0v) is 21.7. The molecule has 1 aromatic carbocycles. The average Bonchev–Trinajstić information content (AvgIpc) is 2.70. The molecular weight excluding hydrogens is 414 g/mol. The fourth-order valence-corrected chi connectivity index (χ4v) is 4.78. The molecule has 1 aliphatic carbocycles. The van der Waals surface area contributed by atoms with Crippen LogP contribution in [0.5, 0.6) is 5.75 Å². The predicted octanol–water partition coefficient (Wildman–Crippen LogP) is 4.65. The van der Waals surface area contributed by atoms with Gasteiger partial charge in [0.25, 0.3) is 5.91 Å². The van der Waals surface area contributed by atoms with Crippen LogP contribution < -0.4 is 16.0 Å². The van der Waals surface area contributed by atoms with Gasteiger partial charge in [0.2, 0.25) is 5.91 Å². The summed E-state index contributed by atoms with van der Waals surface area (Å²) >= 11 is 0. The Balaban J connectivity index is 1.94. The minimum atomic E-state index is -0.309. The molecule has 0 aliphatic heterocycles. The number of aromatic hydroxyl groups is 1. The quantitative estimate of drug-likeness (QED) is 0.455. The van der Waals surface area contributed by atoms with E-state index in [0.29, 0.717) is 23.1 Å². The van der Waals surface area contributed by atoms with E-state index in [0.717, 1.165) is 38.5 Å². The van der Waals surface area contributed by atoms with Gasteiger partial charge >= 0.3 is 0 Å². The molecule has 6 nitrogen and oxygen atoms in total. The summed E-state index contributed by atoms with van der Waals surface area (Å²) in [6.07, 6.45) is 6.48. The second-order valence-electron chi connectivity index (χ2n) is 11.6. The molecule has 6 heteroatoms. The molecule has 1 aromatic rings. The molecule has 0 aromatic heterocycles. The Bertz CT molecular complexity index is 808. The molecule has 0 spiro atoms. The Morgan fingerprint density at radius 1 is 1.09 bits per heavy atom. The van der Waals surface area contributed by atoms with Crippen LogP contribution in [0, 0.1) is 5.92 Å². The van der Waals surface area contributed by atoms with E-state index >= 15 is 0 Å². The minimum Gasteiger partial charge on any atom is -0.508 e. The minimum absolute atomic E-state index is 0.0504. The summed E-state index contributed by atoms with van der Waals surface area (Å²) in [6.45, 7) is 14.7. The summed E-state index contributed by atoms with van der Waals surface area (Å²) < 4.78 is 0. The summed E-state index contributed by atoms with van der Waals surface area (Å²) in [4.78, 5) is 25.3. The second kappa shape index (κ2) is 11.4. The van der Waals surface area contributed by atoms with Gasteiger partial charge in [0.1, 0.15) is 5.75 Å². The van der Waals surface area contributed by atoms with E-state index in [-0.39, 0.29) is 41.1 Å². The highest BCUT2D eigenvalue weighted by Gasteiger charge is 2.32. The summed E-state index contributed by atoms with van der Waals surface area (Å²) in [5.41, 5.74) is 0.951. The number of hydrogen-bond acceptors (Lipinski definition) is 4. The smallest absolute Gasteiger partial charge is 0.251 e. The lowest BCUT2D eigenvalue weighted by Gasteiger charge is -2.40. The largest absolute Gasteiger partial charge is 0.508 e. The second-order valence-corrected chi connectivity index (χ2v) is 11.6. The molecule has 1 aliphatic rings. The number of phenolic OH excluding ortho intramolecular Hbond substituents is 1. The highest BCUT2D eigenvalue weighted by atomic mass is 16.3. The summed E-state index contributed by atoms with van der Waals surface area (Å²) in [7, 11) is 0. The summed E-state index contributed by atoms with van der Waals surface area (Å²) in [5, 5.41) is 19.8. The summed E-state index contributed by atoms with van der Waals surface area (Å²) in [6, 6.07) is 5.46. The summed E-state index contributed by atoms with van der Waals surface area (Å²) in [5.74, 6) is 0.166. The molecular formula is C27H45N3O3. The van der Waals surface area contributed by atoms with Crippen molar-refractivity contribution >= 4 is 11.8 Å². The van der Waals surface area contributed by atoms with Crippen molar-refractivity contribution in [2.75, 3.05) is 6.54 Å². The number of benzene rings is 1. The first-order valence-corrected chi connectivity index (χ1v) is 12.5. The zero-order valence-electron chi connectivity index (χ0n) is 21.7. The first kappa shape index (κ1) is 27.2. The van der Waals surface area contributed by atoms with Crippen LogP contribution >= 0.6 is 0 Å². The number of hydrogen-bond donors (Lipinski definition) is 4. The van der Waals surface area contributed by atoms with Crippen molar-refractivity contribution in [1.82, 2.24) is 16.0 Å². The Morgan fingerprint density at radius 2 is 1.79 bits per heavy atom. The molecule has 1 fully saturated rings. The first-order chi connectivity index (χ1) is 15.3. The maximum absolute atomic E-state index is 12.7. The zero-order chi connectivity index (χ0) is 24.8. The van der Waals surface area contributed by atoms with Gasteiger partial charge in [-0.15, -0.1) is 0 Å². The molecule has 0 radical (unpaired) electrons. The van der Waals surface area contributed by atoms with Crippen LogP contribution in [0.15, 0.2) is 18.2 Å². The molecule has 2 rings (SSSR count). The fraction of sp³-hybridized carbons (Fsp3) is 0.704. The molecule has 0 bridgehead atoms. The number of carbonyl (C=O) groups excluding carboxylic acids is 2. The van der Waals surface area contributed by atoms with E-state index in [2.05, 4.69) is 43.6 Å². The van der Waals surface area contributed by atoms with E-state index in [1.165, 1.54) is 6.07 Å².